The molecule has 0 saturated heterocycles. The van der Waals surface area contributed by atoms with Gasteiger partial charge in [-0.3, -0.25) is 0 Å². The fraction of sp³-hybridized carbons (Fsp3) is 0.500. The molecule has 25 heavy (non-hydrogen) atoms. The zero-order valence-electron chi connectivity index (χ0n) is 15.8. The summed E-state index contributed by atoms with van der Waals surface area (Å²) in [6.45, 7) is 3.04. The van der Waals surface area contributed by atoms with E-state index in [2.05, 4.69) is 36.5 Å². The molecule has 1 aromatic heterocycles. The van der Waals surface area contributed by atoms with Gasteiger partial charge >= 0.3 is 0 Å². The molecule has 0 radical (unpaired) electrons. The summed E-state index contributed by atoms with van der Waals surface area (Å²) in [6, 6.07) is 14.4. The van der Waals surface area contributed by atoms with Crippen molar-refractivity contribution in [1.29, 1.82) is 0 Å². The maximum absolute atomic E-state index is 5.19. The molecule has 0 amide bonds. The summed E-state index contributed by atoms with van der Waals surface area (Å²) in [6.07, 6.45) is 10.4. The fourth-order valence-electron chi connectivity index (χ4n) is 2.92. The fourth-order valence-corrected chi connectivity index (χ4v) is 2.92. The first-order valence-electron chi connectivity index (χ1n) is 9.64. The van der Waals surface area contributed by atoms with E-state index in [1.807, 2.05) is 18.2 Å². The van der Waals surface area contributed by atoms with Crippen LogP contribution in [0.5, 0.6) is 5.75 Å². The monoisotopic (exact) mass is 340 g/mol. The second kappa shape index (κ2) is 11.5. The molecule has 3 nitrogen and oxygen atoms in total. The predicted molar refractivity (Wildman–Crippen MR) is 106 cm³/mol. The van der Waals surface area contributed by atoms with Gasteiger partial charge in [-0.15, -0.1) is 0 Å². The Bertz CT molecular complexity index is 595. The van der Waals surface area contributed by atoms with Crippen molar-refractivity contribution < 1.29 is 4.74 Å². The molecule has 1 N–H and O–H groups in total. The molecule has 2 aromatic rings. The van der Waals surface area contributed by atoms with E-state index in [0.29, 0.717) is 0 Å². The average Bonchev–Trinajstić information content (AvgIpc) is 2.66. The number of ether oxygens (including phenoxy) is 1. The Morgan fingerprint density at radius 1 is 0.880 bits per heavy atom. The van der Waals surface area contributed by atoms with E-state index in [1.165, 1.54) is 56.2 Å². The number of hydrogen-bond acceptors (Lipinski definition) is 3. The van der Waals surface area contributed by atoms with Crippen LogP contribution in [0.25, 0.3) is 0 Å². The van der Waals surface area contributed by atoms with Crippen molar-refractivity contribution >= 4 is 5.82 Å². The van der Waals surface area contributed by atoms with Crippen LogP contribution in [0.4, 0.5) is 5.82 Å². The third kappa shape index (κ3) is 7.59. The Balaban J connectivity index is 1.70. The number of nitrogens with zero attached hydrogens (tertiary/aromatic N) is 1. The highest BCUT2D eigenvalue weighted by molar-refractivity contribution is 5.37. The number of methoxy groups -OCH3 is 1. The number of aromatic nitrogens is 1. The van der Waals surface area contributed by atoms with Crippen LogP contribution >= 0.6 is 0 Å². The van der Waals surface area contributed by atoms with Gasteiger partial charge in [-0.25, -0.2) is 4.98 Å². The molecule has 136 valence electrons. The van der Waals surface area contributed by atoms with Crippen molar-refractivity contribution in [3.63, 3.8) is 0 Å². The highest BCUT2D eigenvalue weighted by Gasteiger charge is 2.00. The molecule has 0 aliphatic heterocycles. The van der Waals surface area contributed by atoms with Crippen LogP contribution in [0.15, 0.2) is 42.5 Å². The highest BCUT2D eigenvalue weighted by atomic mass is 16.5. The molecule has 0 spiro atoms. The van der Waals surface area contributed by atoms with Crippen molar-refractivity contribution in [2.24, 2.45) is 0 Å². The van der Waals surface area contributed by atoms with Crippen LogP contribution in [-0.4, -0.2) is 12.1 Å². The molecule has 1 aromatic carbocycles. The molecule has 3 heteroatoms. The van der Waals surface area contributed by atoms with E-state index in [1.54, 1.807) is 7.11 Å². The summed E-state index contributed by atoms with van der Waals surface area (Å²) in [7, 11) is 1.69. The first-order chi connectivity index (χ1) is 12.3. The van der Waals surface area contributed by atoms with E-state index >= 15 is 0 Å². The van der Waals surface area contributed by atoms with E-state index in [0.717, 1.165) is 24.5 Å². The second-order valence-corrected chi connectivity index (χ2v) is 6.59. The molecule has 0 unspecified atom stereocenters. The van der Waals surface area contributed by atoms with Gasteiger partial charge in [0.25, 0.3) is 0 Å². The van der Waals surface area contributed by atoms with Gasteiger partial charge in [-0.05, 0) is 42.7 Å². The van der Waals surface area contributed by atoms with Gasteiger partial charge in [0.05, 0.1) is 7.11 Å². The maximum atomic E-state index is 5.19. The third-order valence-electron chi connectivity index (χ3n) is 4.48. The van der Waals surface area contributed by atoms with Crippen molar-refractivity contribution in [3.05, 3.63) is 53.7 Å². The summed E-state index contributed by atoms with van der Waals surface area (Å²) in [5.74, 6) is 1.84. The molecule has 0 aliphatic carbocycles. The molecule has 0 saturated carbocycles. The van der Waals surface area contributed by atoms with Crippen molar-refractivity contribution in [2.45, 2.75) is 64.8 Å². The zero-order valence-corrected chi connectivity index (χ0v) is 15.8. The van der Waals surface area contributed by atoms with E-state index in [4.69, 9.17) is 9.72 Å². The van der Waals surface area contributed by atoms with Crippen molar-refractivity contribution in [2.75, 3.05) is 12.4 Å². The van der Waals surface area contributed by atoms with E-state index < -0.39 is 0 Å². The number of anilines is 1. The van der Waals surface area contributed by atoms with Crippen LogP contribution < -0.4 is 10.1 Å². The number of rotatable bonds is 12. The minimum absolute atomic E-state index is 0.776. The van der Waals surface area contributed by atoms with Crippen LogP contribution in [-0.2, 0) is 13.0 Å². The summed E-state index contributed by atoms with van der Waals surface area (Å²) in [4.78, 5) is 4.73. The molecular formula is C22H32N2O. The topological polar surface area (TPSA) is 34.1 Å². The minimum atomic E-state index is 0.776. The number of benzene rings is 1. The van der Waals surface area contributed by atoms with E-state index in [9.17, 15) is 0 Å². The Labute approximate surface area is 152 Å². The molecule has 2 rings (SSSR count). The van der Waals surface area contributed by atoms with Crippen LogP contribution in [0.1, 0.15) is 63.1 Å². The number of pyridine rings is 1. The summed E-state index contributed by atoms with van der Waals surface area (Å²) in [5, 5.41) is 3.41. The molecular weight excluding hydrogens is 308 g/mol. The van der Waals surface area contributed by atoms with Crippen LogP contribution in [0, 0.1) is 0 Å². The Hall–Kier alpha value is -2.03. The van der Waals surface area contributed by atoms with Gasteiger partial charge in [-0.1, -0.05) is 63.6 Å². The first-order valence-corrected chi connectivity index (χ1v) is 9.64. The van der Waals surface area contributed by atoms with Gasteiger partial charge in [-0.2, -0.15) is 0 Å². The smallest absolute Gasteiger partial charge is 0.126 e. The van der Waals surface area contributed by atoms with Gasteiger partial charge in [0, 0.05) is 12.2 Å². The Morgan fingerprint density at radius 3 is 2.32 bits per heavy atom. The van der Waals surface area contributed by atoms with Crippen LogP contribution in [0.3, 0.4) is 0 Å². The van der Waals surface area contributed by atoms with Gasteiger partial charge in [0.1, 0.15) is 11.6 Å². The minimum Gasteiger partial charge on any atom is -0.497 e. The number of unbranched alkanes of at least 4 members (excludes halogenated alkanes) is 6. The molecule has 0 aliphatic rings. The lowest BCUT2D eigenvalue weighted by Gasteiger charge is -2.08. The quantitative estimate of drug-likeness (QED) is 0.481. The maximum Gasteiger partial charge on any atom is 0.126 e. The summed E-state index contributed by atoms with van der Waals surface area (Å²) >= 11 is 0. The second-order valence-electron chi connectivity index (χ2n) is 6.59. The normalized spacial score (nSPS) is 10.6. The lowest BCUT2D eigenvalue weighted by Crippen LogP contribution is -2.03. The van der Waals surface area contributed by atoms with Gasteiger partial charge < -0.3 is 10.1 Å². The largest absolute Gasteiger partial charge is 0.497 e. The summed E-state index contributed by atoms with van der Waals surface area (Å²) < 4.78 is 5.19. The SMILES string of the molecule is CCCCCCCCCc1cccc(NCc2ccc(OC)cc2)n1. The number of aryl methyl sites for hydroxylation is 1. The third-order valence-corrected chi connectivity index (χ3v) is 4.48. The van der Waals surface area contributed by atoms with Crippen LogP contribution in [0.2, 0.25) is 0 Å². The lowest BCUT2D eigenvalue weighted by molar-refractivity contribution is 0.414. The Kier molecular flexibility index (Phi) is 8.89. The predicted octanol–water partition coefficient (Wildman–Crippen LogP) is 6.00. The number of hydrogen-bond donors (Lipinski definition) is 1. The molecule has 0 fully saturated rings. The van der Waals surface area contributed by atoms with Gasteiger partial charge in [0.2, 0.25) is 0 Å². The first kappa shape index (κ1) is 19.3. The standard InChI is InChI=1S/C22H32N2O/c1-3-4-5-6-7-8-9-11-20-12-10-13-22(24-20)23-18-19-14-16-21(25-2)17-15-19/h10,12-17H,3-9,11,18H2,1-2H3,(H,23,24). The molecule has 1 heterocycles. The Morgan fingerprint density at radius 2 is 1.60 bits per heavy atom. The average molecular weight is 341 g/mol. The van der Waals surface area contributed by atoms with Crippen molar-refractivity contribution in [1.82, 2.24) is 4.98 Å². The van der Waals surface area contributed by atoms with Crippen molar-refractivity contribution in [3.8, 4) is 5.75 Å². The highest BCUT2D eigenvalue weighted by Crippen LogP contribution is 2.14. The van der Waals surface area contributed by atoms with Gasteiger partial charge in [0.15, 0.2) is 0 Å². The molecule has 0 atom stereocenters. The number of nitrogens with one attached hydrogen (secondary N) is 1. The molecule has 0 bridgehead atoms. The zero-order chi connectivity index (χ0) is 17.7. The van der Waals surface area contributed by atoms with E-state index in [-0.39, 0.29) is 0 Å². The summed E-state index contributed by atoms with van der Waals surface area (Å²) in [5.41, 5.74) is 2.41. The lowest BCUT2D eigenvalue weighted by atomic mass is 10.1.